The van der Waals surface area contributed by atoms with Gasteiger partial charge in [0.15, 0.2) is 0 Å². The van der Waals surface area contributed by atoms with Crippen LogP contribution in [-0.2, 0) is 0 Å². The summed E-state index contributed by atoms with van der Waals surface area (Å²) in [6.45, 7) is 2.64. The fraction of sp³-hybridized carbons (Fsp3) is 1.00. The fourth-order valence-corrected chi connectivity index (χ4v) is 5.01. The normalized spacial score (nSPS) is 48.0. The minimum absolute atomic E-state index is 1.05. The van der Waals surface area contributed by atoms with Crippen molar-refractivity contribution in [1.29, 1.82) is 0 Å². The molecule has 3 fully saturated rings. The lowest BCUT2D eigenvalue weighted by molar-refractivity contribution is 0.325. The van der Waals surface area contributed by atoms with E-state index in [4.69, 9.17) is 0 Å². The minimum Gasteiger partial charge on any atom is -0.316 e. The van der Waals surface area contributed by atoms with Crippen molar-refractivity contribution in [2.24, 2.45) is 23.7 Å². The molecule has 0 amide bonds. The highest BCUT2D eigenvalue weighted by Gasteiger charge is 2.40. The maximum Gasteiger partial charge on any atom is -0.00172 e. The van der Waals surface area contributed by atoms with Crippen molar-refractivity contribution in [3.63, 3.8) is 0 Å². The second kappa shape index (κ2) is 4.05. The number of rotatable bonds is 1. The van der Waals surface area contributed by atoms with Crippen molar-refractivity contribution in [3.8, 4) is 0 Å². The predicted octanol–water partition coefficient (Wildman–Crippen LogP) is 2.38. The Labute approximate surface area is 91.4 Å². The van der Waals surface area contributed by atoms with Crippen LogP contribution in [0.5, 0.6) is 0 Å². The average Bonchev–Trinajstić information content (AvgIpc) is 2.78. The Morgan fingerprint density at radius 2 is 1.71 bits per heavy atom. The standard InChI is InChI=1S/C12H21NS/c1-2-9(8-14-3-1)10-4-11-6-13-7-12(11)5-10/h9-13H,1-8H2. The molecule has 3 rings (SSSR count). The highest BCUT2D eigenvalue weighted by Crippen LogP contribution is 2.45. The molecule has 3 atom stereocenters. The number of thioether (sulfide) groups is 1. The second-order valence-corrected chi connectivity index (χ2v) is 6.54. The summed E-state index contributed by atoms with van der Waals surface area (Å²) in [5.74, 6) is 7.17. The van der Waals surface area contributed by atoms with Gasteiger partial charge in [0.1, 0.15) is 0 Å². The van der Waals surface area contributed by atoms with Crippen LogP contribution >= 0.6 is 11.8 Å². The van der Waals surface area contributed by atoms with Gasteiger partial charge in [0, 0.05) is 0 Å². The van der Waals surface area contributed by atoms with E-state index in [0.717, 1.165) is 23.7 Å². The summed E-state index contributed by atoms with van der Waals surface area (Å²) in [6.07, 6.45) is 6.11. The highest BCUT2D eigenvalue weighted by atomic mass is 32.2. The van der Waals surface area contributed by atoms with E-state index < -0.39 is 0 Å². The predicted molar refractivity (Wildman–Crippen MR) is 62.6 cm³/mol. The number of fused-ring (bicyclic) bond motifs is 1. The fourth-order valence-electron chi connectivity index (χ4n) is 3.74. The molecule has 3 unspecified atom stereocenters. The van der Waals surface area contributed by atoms with Crippen LogP contribution in [0.1, 0.15) is 25.7 Å². The molecule has 14 heavy (non-hydrogen) atoms. The van der Waals surface area contributed by atoms with Crippen molar-refractivity contribution in [2.45, 2.75) is 25.7 Å². The van der Waals surface area contributed by atoms with Crippen LogP contribution in [0.2, 0.25) is 0 Å². The molecule has 3 aliphatic rings. The maximum absolute atomic E-state index is 3.54. The lowest BCUT2D eigenvalue weighted by Gasteiger charge is -2.27. The first-order valence-corrected chi connectivity index (χ1v) is 7.37. The molecule has 0 spiro atoms. The van der Waals surface area contributed by atoms with Crippen LogP contribution < -0.4 is 5.32 Å². The van der Waals surface area contributed by atoms with Crippen LogP contribution in [0, 0.1) is 23.7 Å². The van der Waals surface area contributed by atoms with Crippen molar-refractivity contribution < 1.29 is 0 Å². The minimum atomic E-state index is 1.05. The van der Waals surface area contributed by atoms with Gasteiger partial charge in [0.25, 0.3) is 0 Å². The van der Waals surface area contributed by atoms with Crippen LogP contribution in [0.15, 0.2) is 0 Å². The second-order valence-electron chi connectivity index (χ2n) is 5.39. The maximum atomic E-state index is 3.54. The Balaban J connectivity index is 1.59. The van der Waals surface area contributed by atoms with Gasteiger partial charge in [-0.3, -0.25) is 0 Å². The third kappa shape index (κ3) is 1.71. The Bertz CT molecular complexity index is 188. The summed E-state index contributed by atoms with van der Waals surface area (Å²) in [6, 6.07) is 0. The van der Waals surface area contributed by atoms with E-state index in [0.29, 0.717) is 0 Å². The van der Waals surface area contributed by atoms with E-state index in [1.807, 2.05) is 0 Å². The van der Waals surface area contributed by atoms with Crippen molar-refractivity contribution in [1.82, 2.24) is 5.32 Å². The third-order valence-electron chi connectivity index (χ3n) is 4.55. The molecular formula is C12H21NS. The summed E-state index contributed by atoms with van der Waals surface area (Å²) in [4.78, 5) is 0. The van der Waals surface area contributed by atoms with Gasteiger partial charge in [-0.2, -0.15) is 11.8 Å². The number of nitrogens with one attached hydrogen (secondary N) is 1. The lowest BCUT2D eigenvalue weighted by Crippen LogP contribution is -2.21. The summed E-state index contributed by atoms with van der Waals surface area (Å²) in [5.41, 5.74) is 0. The molecule has 1 saturated carbocycles. The molecule has 0 radical (unpaired) electrons. The van der Waals surface area contributed by atoms with E-state index in [-0.39, 0.29) is 0 Å². The van der Waals surface area contributed by atoms with Crippen LogP contribution in [-0.4, -0.2) is 24.6 Å². The largest absolute Gasteiger partial charge is 0.316 e. The van der Waals surface area contributed by atoms with E-state index in [9.17, 15) is 0 Å². The Kier molecular flexibility index (Phi) is 2.76. The topological polar surface area (TPSA) is 12.0 Å². The molecule has 1 nitrogen and oxygen atoms in total. The molecule has 2 aliphatic heterocycles. The number of hydrogen-bond donors (Lipinski definition) is 1. The van der Waals surface area contributed by atoms with Crippen LogP contribution in [0.25, 0.3) is 0 Å². The van der Waals surface area contributed by atoms with Gasteiger partial charge in [-0.15, -0.1) is 0 Å². The zero-order valence-electron chi connectivity index (χ0n) is 8.87. The molecule has 2 heterocycles. The van der Waals surface area contributed by atoms with Gasteiger partial charge in [0.2, 0.25) is 0 Å². The lowest BCUT2D eigenvalue weighted by atomic mass is 9.87. The Morgan fingerprint density at radius 3 is 2.36 bits per heavy atom. The van der Waals surface area contributed by atoms with Gasteiger partial charge in [0.05, 0.1) is 0 Å². The Morgan fingerprint density at radius 1 is 0.929 bits per heavy atom. The van der Waals surface area contributed by atoms with Crippen LogP contribution in [0.3, 0.4) is 0 Å². The van der Waals surface area contributed by atoms with Gasteiger partial charge in [-0.1, -0.05) is 0 Å². The van der Waals surface area contributed by atoms with E-state index in [1.54, 1.807) is 12.8 Å². The van der Waals surface area contributed by atoms with Gasteiger partial charge in [-0.05, 0) is 74.0 Å². The van der Waals surface area contributed by atoms with Crippen molar-refractivity contribution in [3.05, 3.63) is 0 Å². The van der Waals surface area contributed by atoms with Gasteiger partial charge in [-0.25, -0.2) is 0 Å². The van der Waals surface area contributed by atoms with E-state index in [1.165, 1.54) is 37.4 Å². The molecule has 1 aliphatic carbocycles. The first kappa shape index (κ1) is 9.53. The molecule has 0 bridgehead atoms. The first-order valence-electron chi connectivity index (χ1n) is 6.22. The Hall–Kier alpha value is 0.310. The molecule has 0 aromatic heterocycles. The van der Waals surface area contributed by atoms with Gasteiger partial charge < -0.3 is 5.32 Å². The molecule has 0 aromatic carbocycles. The van der Waals surface area contributed by atoms with Gasteiger partial charge >= 0.3 is 0 Å². The van der Waals surface area contributed by atoms with E-state index >= 15 is 0 Å². The monoisotopic (exact) mass is 211 g/mol. The van der Waals surface area contributed by atoms with Crippen molar-refractivity contribution >= 4 is 11.8 Å². The smallest absolute Gasteiger partial charge is 0.00172 e. The molecule has 2 heteroatoms. The van der Waals surface area contributed by atoms with Crippen LogP contribution in [0.4, 0.5) is 0 Å². The molecule has 2 saturated heterocycles. The van der Waals surface area contributed by atoms with Crippen molar-refractivity contribution in [2.75, 3.05) is 24.6 Å². The molecule has 1 N–H and O–H groups in total. The first-order chi connectivity index (χ1) is 6.93. The molecule has 80 valence electrons. The summed E-state index contributed by atoms with van der Waals surface area (Å²) in [7, 11) is 0. The zero-order chi connectivity index (χ0) is 9.38. The summed E-state index contributed by atoms with van der Waals surface area (Å²) >= 11 is 2.20. The number of hydrogen-bond acceptors (Lipinski definition) is 2. The zero-order valence-corrected chi connectivity index (χ0v) is 9.69. The quantitative estimate of drug-likeness (QED) is 0.714. The third-order valence-corrected chi connectivity index (χ3v) is 5.79. The molecular weight excluding hydrogens is 190 g/mol. The average molecular weight is 211 g/mol. The summed E-state index contributed by atoms with van der Waals surface area (Å²) < 4.78 is 0. The molecule has 0 aromatic rings. The van der Waals surface area contributed by atoms with E-state index in [2.05, 4.69) is 17.1 Å². The summed E-state index contributed by atoms with van der Waals surface area (Å²) in [5, 5.41) is 3.54. The highest BCUT2D eigenvalue weighted by molar-refractivity contribution is 7.99. The SMILES string of the molecule is C1CSCC(C2CC3CNCC3C2)C1.